The first-order valence-electron chi connectivity index (χ1n) is 4.17. The number of aromatic nitrogens is 2. The van der Waals surface area contributed by atoms with Crippen LogP contribution in [0.3, 0.4) is 0 Å². The topological polar surface area (TPSA) is 95.3 Å². The summed E-state index contributed by atoms with van der Waals surface area (Å²) in [6.45, 7) is -0.688. The van der Waals surface area contributed by atoms with Gasteiger partial charge < -0.3 is 15.5 Å². The monoisotopic (exact) mass is 231 g/mol. The van der Waals surface area contributed by atoms with Gasteiger partial charge in [-0.1, -0.05) is 11.6 Å². The Hall–Kier alpha value is -1.24. The molecule has 0 saturated heterocycles. The van der Waals surface area contributed by atoms with Crippen LogP contribution in [0, 0.1) is 0 Å². The molecule has 15 heavy (non-hydrogen) atoms. The zero-order valence-corrected chi connectivity index (χ0v) is 8.48. The van der Waals surface area contributed by atoms with E-state index in [1.807, 2.05) is 0 Å². The summed E-state index contributed by atoms with van der Waals surface area (Å²) in [4.78, 5) is 18.8. The summed E-state index contributed by atoms with van der Waals surface area (Å²) in [6, 6.07) is -0.699. The summed E-state index contributed by atoms with van der Waals surface area (Å²) in [6.07, 6.45) is 2.45. The number of nitrogens with zero attached hydrogens (tertiary/aromatic N) is 2. The maximum atomic E-state index is 11.4. The van der Waals surface area contributed by atoms with Gasteiger partial charge in [-0.25, -0.2) is 9.97 Å². The highest BCUT2D eigenvalue weighted by atomic mass is 35.5. The minimum absolute atomic E-state index is 0.0753. The Labute approximate surface area is 90.9 Å². The molecule has 7 heteroatoms. The fourth-order valence-corrected chi connectivity index (χ4v) is 0.935. The lowest BCUT2D eigenvalue weighted by Crippen LogP contribution is -2.40. The number of halogens is 1. The van der Waals surface area contributed by atoms with E-state index >= 15 is 0 Å². The van der Waals surface area contributed by atoms with Crippen LogP contribution in [-0.4, -0.2) is 45.3 Å². The predicted molar refractivity (Wildman–Crippen MR) is 52.5 cm³/mol. The van der Waals surface area contributed by atoms with E-state index in [1.165, 1.54) is 12.4 Å². The normalized spacial score (nSPS) is 10.4. The molecule has 0 radical (unpaired) electrons. The van der Waals surface area contributed by atoms with Crippen LogP contribution in [0.2, 0.25) is 5.15 Å². The van der Waals surface area contributed by atoms with Crippen molar-refractivity contribution in [2.24, 2.45) is 0 Å². The molecule has 0 aliphatic rings. The Balaban J connectivity index is 2.64. The molecular formula is C8H10ClN3O3. The van der Waals surface area contributed by atoms with Crippen molar-refractivity contribution in [2.45, 2.75) is 6.04 Å². The smallest absolute Gasteiger partial charge is 0.271 e. The number of aliphatic hydroxyl groups is 2. The van der Waals surface area contributed by atoms with Gasteiger partial charge in [0.1, 0.15) is 10.8 Å². The molecule has 0 fully saturated rings. The van der Waals surface area contributed by atoms with Crippen LogP contribution >= 0.6 is 11.6 Å². The number of rotatable bonds is 4. The molecule has 0 bridgehead atoms. The van der Waals surface area contributed by atoms with Crippen molar-refractivity contribution in [3.05, 3.63) is 23.2 Å². The molecule has 1 amide bonds. The van der Waals surface area contributed by atoms with E-state index < -0.39 is 11.9 Å². The van der Waals surface area contributed by atoms with Crippen molar-refractivity contribution in [3.8, 4) is 0 Å². The molecule has 1 aromatic heterocycles. The molecule has 0 aliphatic heterocycles. The van der Waals surface area contributed by atoms with Gasteiger partial charge in [-0.15, -0.1) is 0 Å². The van der Waals surface area contributed by atoms with Gasteiger partial charge in [-0.2, -0.15) is 0 Å². The van der Waals surface area contributed by atoms with E-state index in [2.05, 4.69) is 15.3 Å². The lowest BCUT2D eigenvalue weighted by molar-refractivity contribution is 0.0874. The van der Waals surface area contributed by atoms with Crippen molar-refractivity contribution >= 4 is 17.5 Å². The number of amides is 1. The third-order valence-electron chi connectivity index (χ3n) is 1.63. The van der Waals surface area contributed by atoms with Gasteiger partial charge in [0.25, 0.3) is 5.91 Å². The third kappa shape index (κ3) is 3.43. The molecule has 3 N–H and O–H groups in total. The number of carbonyl (C=O) groups excluding carboxylic acids is 1. The number of carbonyl (C=O) groups is 1. The second-order valence-corrected chi connectivity index (χ2v) is 3.15. The van der Waals surface area contributed by atoms with Gasteiger partial charge in [-0.05, 0) is 0 Å². The van der Waals surface area contributed by atoms with Crippen LogP contribution < -0.4 is 5.32 Å². The second kappa shape index (κ2) is 5.59. The first-order chi connectivity index (χ1) is 7.17. The molecule has 1 heterocycles. The lowest BCUT2D eigenvalue weighted by Gasteiger charge is -2.12. The summed E-state index contributed by atoms with van der Waals surface area (Å²) in [5.74, 6) is -0.521. The Bertz CT molecular complexity index is 326. The molecule has 1 rings (SSSR count). The maximum Gasteiger partial charge on any atom is 0.271 e. The second-order valence-electron chi connectivity index (χ2n) is 2.76. The van der Waals surface area contributed by atoms with Crippen molar-refractivity contribution in [3.63, 3.8) is 0 Å². The Kier molecular flexibility index (Phi) is 4.41. The standard InChI is InChI=1S/C8H10ClN3O3/c9-7-2-10-6(1-11-7)8(15)12-5(3-13)4-14/h1-2,5,13-14H,3-4H2,(H,12,15). The molecule has 0 unspecified atom stereocenters. The minimum Gasteiger partial charge on any atom is -0.394 e. The highest BCUT2D eigenvalue weighted by Gasteiger charge is 2.13. The Morgan fingerprint density at radius 2 is 2.07 bits per heavy atom. The summed E-state index contributed by atoms with van der Waals surface area (Å²) in [7, 11) is 0. The quantitative estimate of drug-likeness (QED) is 0.632. The average molecular weight is 232 g/mol. The van der Waals surface area contributed by atoms with Crippen molar-refractivity contribution in [1.82, 2.24) is 15.3 Å². The molecule has 0 saturated carbocycles. The fourth-order valence-electron chi connectivity index (χ4n) is 0.838. The van der Waals surface area contributed by atoms with Gasteiger partial charge in [0, 0.05) is 0 Å². The van der Waals surface area contributed by atoms with Gasteiger partial charge in [-0.3, -0.25) is 4.79 Å². The van der Waals surface area contributed by atoms with E-state index in [0.29, 0.717) is 0 Å². The van der Waals surface area contributed by atoms with E-state index in [4.69, 9.17) is 21.8 Å². The van der Waals surface area contributed by atoms with Gasteiger partial charge in [0.05, 0.1) is 31.6 Å². The number of nitrogens with one attached hydrogen (secondary N) is 1. The molecule has 0 spiro atoms. The first kappa shape index (κ1) is 11.8. The van der Waals surface area contributed by atoms with Crippen molar-refractivity contribution in [1.29, 1.82) is 0 Å². The molecule has 0 aliphatic carbocycles. The number of hydrogen-bond donors (Lipinski definition) is 3. The number of aliphatic hydroxyl groups excluding tert-OH is 2. The molecule has 0 atom stereocenters. The fraction of sp³-hybridized carbons (Fsp3) is 0.375. The van der Waals surface area contributed by atoms with Crippen molar-refractivity contribution < 1.29 is 15.0 Å². The number of hydrogen-bond acceptors (Lipinski definition) is 5. The van der Waals surface area contributed by atoms with E-state index in [9.17, 15) is 4.79 Å². The Morgan fingerprint density at radius 3 is 2.53 bits per heavy atom. The van der Waals surface area contributed by atoms with Gasteiger partial charge >= 0.3 is 0 Å². The highest BCUT2D eigenvalue weighted by molar-refractivity contribution is 6.29. The highest BCUT2D eigenvalue weighted by Crippen LogP contribution is 2.01. The van der Waals surface area contributed by atoms with Crippen LogP contribution in [-0.2, 0) is 0 Å². The molecule has 82 valence electrons. The van der Waals surface area contributed by atoms with E-state index in [-0.39, 0.29) is 24.1 Å². The summed E-state index contributed by atoms with van der Waals surface area (Å²) in [5.41, 5.74) is 0.0753. The van der Waals surface area contributed by atoms with Crippen LogP contribution in [0.1, 0.15) is 10.5 Å². The summed E-state index contributed by atoms with van der Waals surface area (Å²) < 4.78 is 0. The largest absolute Gasteiger partial charge is 0.394 e. The van der Waals surface area contributed by atoms with Crippen LogP contribution in [0.4, 0.5) is 0 Å². The van der Waals surface area contributed by atoms with Gasteiger partial charge in [0.15, 0.2) is 0 Å². The van der Waals surface area contributed by atoms with Crippen molar-refractivity contribution in [2.75, 3.05) is 13.2 Å². The minimum atomic E-state index is -0.699. The summed E-state index contributed by atoms with van der Waals surface area (Å²) in [5, 5.41) is 20.0. The molecular weight excluding hydrogens is 222 g/mol. The third-order valence-corrected chi connectivity index (χ3v) is 1.82. The summed E-state index contributed by atoms with van der Waals surface area (Å²) >= 11 is 5.49. The Morgan fingerprint density at radius 1 is 1.40 bits per heavy atom. The molecule has 1 aromatic rings. The van der Waals surface area contributed by atoms with Crippen LogP contribution in [0.25, 0.3) is 0 Å². The van der Waals surface area contributed by atoms with E-state index in [0.717, 1.165) is 0 Å². The lowest BCUT2D eigenvalue weighted by atomic mass is 10.3. The average Bonchev–Trinajstić information content (AvgIpc) is 2.26. The van der Waals surface area contributed by atoms with Crippen LogP contribution in [0.5, 0.6) is 0 Å². The SMILES string of the molecule is O=C(NC(CO)CO)c1cnc(Cl)cn1. The predicted octanol–water partition coefficient (Wildman–Crippen LogP) is -0.787. The van der Waals surface area contributed by atoms with Gasteiger partial charge in [0.2, 0.25) is 0 Å². The van der Waals surface area contributed by atoms with E-state index in [1.54, 1.807) is 0 Å². The zero-order valence-electron chi connectivity index (χ0n) is 7.72. The van der Waals surface area contributed by atoms with Crippen LogP contribution in [0.15, 0.2) is 12.4 Å². The molecule has 6 nitrogen and oxygen atoms in total. The molecule has 0 aromatic carbocycles. The maximum absolute atomic E-state index is 11.4. The first-order valence-corrected chi connectivity index (χ1v) is 4.55. The zero-order chi connectivity index (χ0) is 11.3.